The smallest absolute Gasteiger partial charge is 0.315 e. The minimum absolute atomic E-state index is 0.0903. The van der Waals surface area contributed by atoms with Gasteiger partial charge in [-0.3, -0.25) is 4.79 Å². The second kappa shape index (κ2) is 56.5. The molecule has 2 spiro atoms. The predicted molar refractivity (Wildman–Crippen MR) is 410 cm³/mol. The Kier molecular flexibility index (Phi) is 54.6. The van der Waals surface area contributed by atoms with E-state index in [1.807, 2.05) is 115 Å². The van der Waals surface area contributed by atoms with E-state index in [0.717, 1.165) is 86.1 Å². The number of thiol groups is 1. The highest BCUT2D eigenvalue weighted by atomic mass is 32.2. The molecule has 0 aromatic heterocycles. The van der Waals surface area contributed by atoms with E-state index in [4.69, 9.17) is 49.2 Å². The first-order valence-electron chi connectivity index (χ1n) is 33.4. The third-order valence-electron chi connectivity index (χ3n) is 16.0. The summed E-state index contributed by atoms with van der Waals surface area (Å²) in [5, 5.41) is 82.4. The number of phenolic OH excluding ortho intramolecular Hbond substituents is 1. The number of benzene rings is 3. The van der Waals surface area contributed by atoms with Crippen molar-refractivity contribution < 1.29 is 74.4 Å². The van der Waals surface area contributed by atoms with Gasteiger partial charge in [-0.1, -0.05) is 119 Å². The molecule has 9 N–H and O–H groups in total. The van der Waals surface area contributed by atoms with Gasteiger partial charge in [0.25, 0.3) is 0 Å². The van der Waals surface area contributed by atoms with Crippen LogP contribution in [0.4, 0.5) is 0 Å². The van der Waals surface area contributed by atoms with Crippen molar-refractivity contribution in [3.63, 3.8) is 0 Å². The maximum Gasteiger partial charge on any atom is 0.315 e. The number of hydrogen-bond donors (Lipinski definition) is 10. The monoisotopic (exact) mass is 1470 g/mol. The molecule has 15 nitrogen and oxygen atoms in total. The normalized spacial score (nSPS) is 21.9. The van der Waals surface area contributed by atoms with Gasteiger partial charge in [0, 0.05) is 85.1 Å². The fourth-order valence-electron chi connectivity index (χ4n) is 10.7. The van der Waals surface area contributed by atoms with Gasteiger partial charge in [0.15, 0.2) is 0 Å². The number of phenols is 1. The zero-order chi connectivity index (χ0) is 69.8. The van der Waals surface area contributed by atoms with Crippen LogP contribution in [0, 0.1) is 12.3 Å². The minimum atomic E-state index is -0.490. The number of rotatable bonds is 33. The highest BCUT2D eigenvalue weighted by Crippen LogP contribution is 2.70. The second-order valence-corrected chi connectivity index (χ2v) is 32.9. The Balaban J connectivity index is 0.000000551. The molecule has 0 bridgehead atoms. The lowest BCUT2D eigenvalue weighted by Crippen LogP contribution is -2.65. The summed E-state index contributed by atoms with van der Waals surface area (Å²) >= 11 is 15.9. The van der Waals surface area contributed by atoms with Gasteiger partial charge in [-0.25, -0.2) is 0 Å². The molecule has 94 heavy (non-hydrogen) atoms. The standard InChI is InChI=1S/C12H18O3S.C11H14O2S2.2C11H20O2S.C11H16O2S.C9H20O3S.C4H8OS.C2H4/c1-10-4-2-3-5-12(10)15-8-11(14)9-16-7-6-13;12-11(13-6-7-14)9-15-8-10-4-2-1-3-5-10;1-10(14-7-6-12)8-11(10)5-3-2-4-9(11)13;1-10(14-8-7-12)9-13-11(10)5-3-2-4-6-11;1-2-11(14-8-7-12)9-5-3-4-6-10(9)13;1-2-3-5-12-7-9(11)8-13-6-4-10;1-4-5-2-3-6-4;1-2/h2-5,11,13-14H,6-9H2,1H3;1-5,14H,6-9H2;9,12-13H,2-8H2,1H3;12H,2-9H2,1H3;3-6,11-13H,2,7-8H2,1H3;9-11H,2-8H2,1H3;4H,2-3H2,1H3;1-2H2. The maximum absolute atomic E-state index is 11.1. The molecule has 0 amide bonds. The molecule has 8 unspecified atom stereocenters. The number of aliphatic hydroxyl groups is 8. The second-order valence-electron chi connectivity index (χ2n) is 23.2. The molecule has 3 aromatic rings. The van der Waals surface area contributed by atoms with Crippen LogP contribution < -0.4 is 4.74 Å². The highest BCUT2D eigenvalue weighted by Gasteiger charge is 2.67. The minimum Gasteiger partial charge on any atom is -0.508 e. The van der Waals surface area contributed by atoms with Gasteiger partial charge in [-0.2, -0.15) is 59.7 Å². The predicted octanol–water partition coefficient (Wildman–Crippen LogP) is 13.2. The zero-order valence-electron chi connectivity index (χ0n) is 57.3. The van der Waals surface area contributed by atoms with Crippen LogP contribution >= 0.6 is 95.0 Å². The largest absolute Gasteiger partial charge is 0.508 e. The van der Waals surface area contributed by atoms with Gasteiger partial charge >= 0.3 is 5.97 Å². The van der Waals surface area contributed by atoms with Crippen LogP contribution in [0.3, 0.4) is 0 Å². The number of esters is 1. The highest BCUT2D eigenvalue weighted by molar-refractivity contribution is 8.01. The van der Waals surface area contributed by atoms with Crippen LogP contribution in [0.15, 0.2) is 92.0 Å². The molecule has 8 rings (SSSR count). The van der Waals surface area contributed by atoms with E-state index in [2.05, 4.69) is 60.4 Å². The van der Waals surface area contributed by atoms with Crippen LogP contribution in [0.25, 0.3) is 0 Å². The van der Waals surface area contributed by atoms with Gasteiger partial charge < -0.3 is 69.6 Å². The lowest BCUT2D eigenvalue weighted by molar-refractivity contribution is -0.193. The molecule has 0 radical (unpaired) electrons. The van der Waals surface area contributed by atoms with E-state index in [9.17, 15) is 25.2 Å². The van der Waals surface area contributed by atoms with Crippen LogP contribution in [-0.4, -0.2) is 221 Å². The fourth-order valence-corrected chi connectivity index (χ4v) is 17.3. The van der Waals surface area contributed by atoms with Crippen LogP contribution in [-0.2, 0) is 29.5 Å². The number of para-hydroxylation sites is 2. The van der Waals surface area contributed by atoms with Crippen LogP contribution in [0.2, 0.25) is 0 Å². The van der Waals surface area contributed by atoms with Gasteiger partial charge in [0.2, 0.25) is 0 Å². The molecule has 8 atom stereocenters. The zero-order valence-corrected chi connectivity index (χ0v) is 63.9. The lowest BCUT2D eigenvalue weighted by Gasteiger charge is -2.58. The van der Waals surface area contributed by atoms with E-state index in [1.165, 1.54) is 74.4 Å². The summed E-state index contributed by atoms with van der Waals surface area (Å²) in [5.74, 6) is 8.96. The van der Waals surface area contributed by atoms with Gasteiger partial charge in [-0.15, -0.1) is 48.4 Å². The maximum atomic E-state index is 11.1. The number of carbonyl (C=O) groups excluding carboxylic acids is 1. The number of aryl methyl sites for hydroxylation is 1. The summed E-state index contributed by atoms with van der Waals surface area (Å²) in [6.45, 7) is 23.5. The first-order valence-corrected chi connectivity index (χ1v) is 41.5. The molecule has 3 aromatic carbocycles. The Morgan fingerprint density at radius 2 is 1.34 bits per heavy atom. The average Bonchev–Trinajstić information content (AvgIpc) is 1.54. The van der Waals surface area contributed by atoms with Crippen molar-refractivity contribution in [2.75, 3.05) is 130 Å². The molecule has 2 heterocycles. The number of ether oxygens (including phenoxy) is 5. The Hall–Kier alpha value is -1.17. The molecular weight excluding hydrogens is 1350 g/mol. The van der Waals surface area contributed by atoms with Crippen molar-refractivity contribution in [1.29, 1.82) is 0 Å². The fraction of sp³-hybridized carbons (Fsp3) is 0.704. The Morgan fingerprint density at radius 1 is 0.745 bits per heavy atom. The SMILES string of the molecule is C=C.CC1(SCCO)CC12CCCCC2O.CC1(SCCO)COC12CCCCC2.CC1OCCS1.CCC(SCCO)c1ccccc1O.CCCCOCC(O)CSCCO.Cc1ccccc1OCC(O)CSCCO.O=C(CSCc1ccccc1)OCCS. The summed E-state index contributed by atoms with van der Waals surface area (Å²) in [5.41, 5.74) is 4.08. The molecular formula is C71H120O15S8. The molecule has 3 aliphatic carbocycles. The Morgan fingerprint density at radius 3 is 1.87 bits per heavy atom. The number of aliphatic hydroxyl groups excluding tert-OH is 8. The number of carbonyl (C=O) groups is 1. The van der Waals surface area contributed by atoms with E-state index in [1.54, 1.807) is 41.4 Å². The topological polar surface area (TPSA) is 245 Å². The van der Waals surface area contributed by atoms with Crippen molar-refractivity contribution in [3.8, 4) is 11.5 Å². The van der Waals surface area contributed by atoms with Crippen molar-refractivity contribution in [2.45, 2.75) is 175 Å². The van der Waals surface area contributed by atoms with Crippen molar-refractivity contribution >= 4 is 101 Å². The summed E-state index contributed by atoms with van der Waals surface area (Å²) in [6, 6.07) is 25.2. The first-order chi connectivity index (χ1) is 45.4. The molecule has 5 fully saturated rings. The molecule has 3 saturated carbocycles. The van der Waals surface area contributed by atoms with Gasteiger partial charge in [-0.05, 0) is 95.9 Å². The lowest BCUT2D eigenvalue weighted by atomic mass is 9.72. The third-order valence-corrected chi connectivity index (χ3v) is 24.8. The Bertz CT molecular complexity index is 2280. The average molecular weight is 1470 g/mol. The number of unbranched alkanes of at least 4 members (excludes halogenated alkanes) is 1. The van der Waals surface area contributed by atoms with Crippen molar-refractivity contribution in [3.05, 3.63) is 109 Å². The first kappa shape index (κ1) is 90.8. The van der Waals surface area contributed by atoms with Gasteiger partial charge in [0.1, 0.15) is 30.1 Å². The molecule has 2 aliphatic heterocycles. The number of hydrogen-bond acceptors (Lipinski definition) is 23. The van der Waals surface area contributed by atoms with Crippen molar-refractivity contribution in [2.24, 2.45) is 5.41 Å². The number of thioether (sulfide) groups is 7. The van der Waals surface area contributed by atoms with E-state index in [0.29, 0.717) is 71.3 Å². The molecule has 5 aliphatic rings. The summed E-state index contributed by atoms with van der Waals surface area (Å²) in [7, 11) is 0. The summed E-state index contributed by atoms with van der Waals surface area (Å²) in [6.07, 6.45) is 14.4. The molecule has 542 valence electrons. The summed E-state index contributed by atoms with van der Waals surface area (Å²) < 4.78 is 27.1. The van der Waals surface area contributed by atoms with Crippen LogP contribution in [0.1, 0.15) is 140 Å². The Labute approximate surface area is 601 Å². The quantitative estimate of drug-likeness (QED) is 0.0118. The third kappa shape index (κ3) is 37.5. The molecule has 23 heteroatoms. The van der Waals surface area contributed by atoms with Gasteiger partial charge in [0.05, 0.1) is 87.3 Å². The van der Waals surface area contributed by atoms with E-state index in [-0.39, 0.29) is 70.9 Å². The van der Waals surface area contributed by atoms with E-state index >= 15 is 0 Å². The number of aromatic hydroxyl groups is 1. The van der Waals surface area contributed by atoms with E-state index < -0.39 is 12.2 Å². The molecule has 2 saturated heterocycles. The van der Waals surface area contributed by atoms with Crippen molar-refractivity contribution in [1.82, 2.24) is 0 Å². The van der Waals surface area contributed by atoms with Crippen LogP contribution in [0.5, 0.6) is 11.5 Å². The summed E-state index contributed by atoms with van der Waals surface area (Å²) in [4.78, 5) is 11.1.